The molecule has 0 radical (unpaired) electrons. The zero-order valence-corrected chi connectivity index (χ0v) is 17.9. The average molecular weight is 437 g/mol. The second-order valence-electron chi connectivity index (χ2n) is 7.88. The van der Waals surface area contributed by atoms with E-state index < -0.39 is 5.91 Å². The van der Waals surface area contributed by atoms with Crippen LogP contribution in [0.25, 0.3) is 10.8 Å². The van der Waals surface area contributed by atoms with Gasteiger partial charge >= 0.3 is 0 Å². The number of aromatic hydroxyl groups is 1. The molecule has 0 aromatic heterocycles. The molecule has 0 heterocycles. The van der Waals surface area contributed by atoms with E-state index in [2.05, 4.69) is 10.5 Å². The normalized spacial score (nSPS) is 14.7. The van der Waals surface area contributed by atoms with E-state index >= 15 is 0 Å². The summed E-state index contributed by atoms with van der Waals surface area (Å²) in [6.07, 6.45) is 8.04. The molecule has 0 unspecified atom stereocenters. The Balaban J connectivity index is 1.47. The number of hydrazone groups is 1. The fraction of sp³-hybridized carbons (Fsp3) is 0.280. The molecule has 3 aromatic rings. The monoisotopic (exact) mass is 436 g/mol. The first-order valence-electron chi connectivity index (χ1n) is 10.6. The van der Waals surface area contributed by atoms with Gasteiger partial charge in [0.25, 0.3) is 5.91 Å². The van der Waals surface area contributed by atoms with E-state index in [9.17, 15) is 9.90 Å². The number of benzene rings is 3. The van der Waals surface area contributed by atoms with Crippen molar-refractivity contribution in [3.8, 4) is 11.5 Å². The van der Waals surface area contributed by atoms with E-state index in [0.717, 1.165) is 28.7 Å². The number of hydrogen-bond donors (Lipinski definition) is 2. The van der Waals surface area contributed by atoms with E-state index in [4.69, 9.17) is 16.3 Å². The predicted molar refractivity (Wildman–Crippen MR) is 124 cm³/mol. The number of phenolic OH excluding ortho intramolecular Hbond substituents is 1. The molecular weight excluding hydrogens is 412 g/mol. The molecule has 6 heteroatoms. The highest BCUT2D eigenvalue weighted by Gasteiger charge is 2.15. The molecule has 1 aliphatic rings. The Morgan fingerprint density at radius 2 is 1.87 bits per heavy atom. The molecule has 31 heavy (non-hydrogen) atoms. The molecule has 3 aromatic carbocycles. The molecule has 0 saturated heterocycles. The van der Waals surface area contributed by atoms with Crippen LogP contribution in [0.4, 0.5) is 0 Å². The van der Waals surface area contributed by atoms with Gasteiger partial charge in [0, 0.05) is 16.5 Å². The fourth-order valence-corrected chi connectivity index (χ4v) is 4.15. The third-order valence-corrected chi connectivity index (χ3v) is 6.00. The van der Waals surface area contributed by atoms with Gasteiger partial charge in [0.1, 0.15) is 11.5 Å². The average Bonchev–Trinajstić information content (AvgIpc) is 2.80. The van der Waals surface area contributed by atoms with Crippen molar-refractivity contribution in [1.82, 2.24) is 5.43 Å². The Labute approximate surface area is 186 Å². The van der Waals surface area contributed by atoms with Gasteiger partial charge in [-0.2, -0.15) is 5.10 Å². The highest BCUT2D eigenvalue weighted by Crippen LogP contribution is 2.30. The zero-order chi connectivity index (χ0) is 21.6. The quantitative estimate of drug-likeness (QED) is 0.372. The lowest BCUT2D eigenvalue weighted by Crippen LogP contribution is -2.17. The first-order valence-corrected chi connectivity index (χ1v) is 11.0. The Morgan fingerprint density at radius 1 is 1.10 bits per heavy atom. The summed E-state index contributed by atoms with van der Waals surface area (Å²) < 4.78 is 6.19. The van der Waals surface area contributed by atoms with E-state index in [1.54, 1.807) is 6.21 Å². The van der Waals surface area contributed by atoms with Crippen molar-refractivity contribution in [3.63, 3.8) is 0 Å². The second kappa shape index (κ2) is 9.84. The van der Waals surface area contributed by atoms with Crippen LogP contribution in [0.1, 0.15) is 48.0 Å². The zero-order valence-electron chi connectivity index (χ0n) is 17.2. The summed E-state index contributed by atoms with van der Waals surface area (Å²) in [7, 11) is 0. The largest absolute Gasteiger partial charge is 0.506 e. The van der Waals surface area contributed by atoms with Crippen molar-refractivity contribution in [2.75, 3.05) is 6.61 Å². The molecule has 1 saturated carbocycles. The van der Waals surface area contributed by atoms with Gasteiger partial charge in [-0.05, 0) is 54.5 Å². The van der Waals surface area contributed by atoms with Crippen molar-refractivity contribution in [3.05, 3.63) is 70.7 Å². The predicted octanol–water partition coefficient (Wildman–Crippen LogP) is 5.92. The summed E-state index contributed by atoms with van der Waals surface area (Å²) in [6.45, 7) is 0.753. The van der Waals surface area contributed by atoms with Gasteiger partial charge in [-0.3, -0.25) is 4.79 Å². The number of rotatable bonds is 6. The number of hydrogen-bond acceptors (Lipinski definition) is 4. The van der Waals surface area contributed by atoms with Crippen molar-refractivity contribution < 1.29 is 14.6 Å². The van der Waals surface area contributed by atoms with Gasteiger partial charge in [0.2, 0.25) is 0 Å². The molecule has 160 valence electrons. The summed E-state index contributed by atoms with van der Waals surface area (Å²) in [5, 5.41) is 15.7. The minimum absolute atomic E-state index is 0.0704. The second-order valence-corrected chi connectivity index (χ2v) is 8.29. The lowest BCUT2D eigenvalue weighted by Gasteiger charge is -2.22. The maximum absolute atomic E-state index is 12.3. The van der Waals surface area contributed by atoms with E-state index in [-0.39, 0.29) is 10.8 Å². The molecule has 0 bridgehead atoms. The van der Waals surface area contributed by atoms with Crippen LogP contribution < -0.4 is 10.2 Å². The number of phenols is 1. The highest BCUT2D eigenvalue weighted by molar-refractivity contribution is 6.32. The molecule has 0 spiro atoms. The number of carbonyl (C=O) groups is 1. The molecule has 1 fully saturated rings. The lowest BCUT2D eigenvalue weighted by atomic mass is 9.90. The number of fused-ring (bicyclic) bond motifs is 1. The number of halogens is 1. The molecule has 0 aliphatic heterocycles. The van der Waals surface area contributed by atoms with Crippen LogP contribution in [0.2, 0.25) is 5.02 Å². The van der Waals surface area contributed by atoms with Crippen LogP contribution >= 0.6 is 11.6 Å². The van der Waals surface area contributed by atoms with Crippen molar-refractivity contribution in [1.29, 1.82) is 0 Å². The number of nitrogens with one attached hydrogen (secondary N) is 1. The van der Waals surface area contributed by atoms with Crippen LogP contribution in [0.3, 0.4) is 0 Å². The SMILES string of the molecule is O=C(NN=Cc1ccc(OCC2CCCCC2)c2ccccc12)c1ccc(O)c(Cl)c1. The number of carbonyl (C=O) groups excluding carboxylic acids is 1. The number of nitrogens with zero attached hydrogens (tertiary/aromatic N) is 1. The first-order chi connectivity index (χ1) is 15.1. The molecule has 4 rings (SSSR count). The van der Waals surface area contributed by atoms with Crippen LogP contribution in [-0.2, 0) is 0 Å². The Kier molecular flexibility index (Phi) is 6.73. The van der Waals surface area contributed by atoms with E-state index in [1.165, 1.54) is 50.3 Å². The van der Waals surface area contributed by atoms with Crippen molar-refractivity contribution in [2.24, 2.45) is 11.0 Å². The first kappa shape index (κ1) is 21.2. The summed E-state index contributed by atoms with van der Waals surface area (Å²) >= 11 is 5.86. The van der Waals surface area contributed by atoms with Crippen molar-refractivity contribution >= 4 is 34.5 Å². The summed E-state index contributed by atoms with van der Waals surface area (Å²) in [6, 6.07) is 16.2. The van der Waals surface area contributed by atoms with Crippen LogP contribution in [0.15, 0.2) is 59.7 Å². The van der Waals surface area contributed by atoms with Gasteiger partial charge in [-0.1, -0.05) is 55.1 Å². The Bertz CT molecular complexity index is 1110. The molecule has 0 atom stereocenters. The molecule has 5 nitrogen and oxygen atoms in total. The van der Waals surface area contributed by atoms with Gasteiger partial charge < -0.3 is 9.84 Å². The fourth-order valence-electron chi connectivity index (χ4n) is 3.97. The van der Waals surface area contributed by atoms with Crippen LogP contribution in [0.5, 0.6) is 11.5 Å². The highest BCUT2D eigenvalue weighted by atomic mass is 35.5. The lowest BCUT2D eigenvalue weighted by molar-refractivity contribution is 0.0955. The standard InChI is InChI=1S/C25H25ClN2O3/c26-22-14-18(10-12-23(22)29)25(30)28-27-15-19-11-13-24(21-9-5-4-8-20(19)21)31-16-17-6-2-1-3-7-17/h4-5,8-15,17,29H,1-3,6-7,16H2,(H,28,30). The molecular formula is C25H25ClN2O3. The Morgan fingerprint density at radius 3 is 2.65 bits per heavy atom. The third kappa shape index (κ3) is 5.17. The van der Waals surface area contributed by atoms with E-state index in [0.29, 0.717) is 11.5 Å². The smallest absolute Gasteiger partial charge is 0.271 e. The van der Waals surface area contributed by atoms with Crippen LogP contribution in [0, 0.1) is 5.92 Å². The molecule has 2 N–H and O–H groups in total. The number of ether oxygens (including phenoxy) is 1. The summed E-state index contributed by atoms with van der Waals surface area (Å²) in [5.74, 6) is 1.03. The third-order valence-electron chi connectivity index (χ3n) is 5.70. The minimum atomic E-state index is -0.408. The van der Waals surface area contributed by atoms with E-state index in [1.807, 2.05) is 36.4 Å². The van der Waals surface area contributed by atoms with Gasteiger partial charge in [0.05, 0.1) is 17.8 Å². The number of amides is 1. The maximum Gasteiger partial charge on any atom is 0.271 e. The maximum atomic E-state index is 12.3. The minimum Gasteiger partial charge on any atom is -0.506 e. The summed E-state index contributed by atoms with van der Waals surface area (Å²) in [4.78, 5) is 12.3. The Hall–Kier alpha value is -3.05. The topological polar surface area (TPSA) is 70.9 Å². The van der Waals surface area contributed by atoms with Crippen molar-refractivity contribution in [2.45, 2.75) is 32.1 Å². The molecule has 1 amide bonds. The van der Waals surface area contributed by atoms with Gasteiger partial charge in [-0.25, -0.2) is 5.43 Å². The van der Waals surface area contributed by atoms with Crippen LogP contribution in [-0.4, -0.2) is 23.8 Å². The van der Waals surface area contributed by atoms with Gasteiger partial charge in [-0.15, -0.1) is 0 Å². The summed E-state index contributed by atoms with van der Waals surface area (Å²) in [5.41, 5.74) is 3.70. The molecule has 1 aliphatic carbocycles. The van der Waals surface area contributed by atoms with Gasteiger partial charge in [0.15, 0.2) is 0 Å².